The third kappa shape index (κ3) is 4.24. The van der Waals surface area contributed by atoms with Gasteiger partial charge in [0.15, 0.2) is 0 Å². The van der Waals surface area contributed by atoms with Gasteiger partial charge in [-0.05, 0) is 18.9 Å². The van der Waals surface area contributed by atoms with Crippen molar-refractivity contribution in [1.29, 1.82) is 0 Å². The fourth-order valence-corrected chi connectivity index (χ4v) is 3.07. The predicted octanol–water partition coefficient (Wildman–Crippen LogP) is 2.14. The molecule has 1 N–H and O–H groups in total. The zero-order valence-electron chi connectivity index (χ0n) is 14.9. The molecule has 2 fully saturated rings. The van der Waals surface area contributed by atoms with Crippen molar-refractivity contribution in [1.82, 2.24) is 19.9 Å². The van der Waals surface area contributed by atoms with Crippen molar-refractivity contribution >= 4 is 11.9 Å². The van der Waals surface area contributed by atoms with Gasteiger partial charge in [0.25, 0.3) is 0 Å². The van der Waals surface area contributed by atoms with Crippen LogP contribution >= 0.6 is 0 Å². The minimum absolute atomic E-state index is 0.0471. The van der Waals surface area contributed by atoms with E-state index in [0.29, 0.717) is 12.5 Å². The van der Waals surface area contributed by atoms with Crippen LogP contribution in [0.2, 0.25) is 0 Å². The zero-order valence-corrected chi connectivity index (χ0v) is 14.9. The van der Waals surface area contributed by atoms with Crippen LogP contribution in [-0.2, 0) is 10.9 Å². The Kier molecular flexibility index (Phi) is 5.16. The molecule has 2 aromatic rings. The number of nitrogens with zero attached hydrogens (tertiary/aromatic N) is 5. The van der Waals surface area contributed by atoms with E-state index in [-0.39, 0.29) is 25.2 Å². The van der Waals surface area contributed by atoms with Gasteiger partial charge in [-0.25, -0.2) is 15.0 Å². The van der Waals surface area contributed by atoms with Crippen LogP contribution in [0.25, 0.3) is 0 Å². The number of anilines is 2. The van der Waals surface area contributed by atoms with Gasteiger partial charge >= 0.3 is 6.18 Å². The second-order valence-corrected chi connectivity index (χ2v) is 6.67. The van der Waals surface area contributed by atoms with Gasteiger partial charge in [0, 0.05) is 37.7 Å². The van der Waals surface area contributed by atoms with E-state index in [1.807, 2.05) is 4.90 Å². The highest BCUT2D eigenvalue weighted by molar-refractivity contribution is 5.38. The Bertz CT molecular complexity index is 803. The van der Waals surface area contributed by atoms with Crippen molar-refractivity contribution in [3.8, 4) is 5.88 Å². The fraction of sp³-hybridized carbons (Fsp3) is 0.529. The first-order valence-corrected chi connectivity index (χ1v) is 8.96. The number of ether oxygens (including phenoxy) is 2. The molecule has 0 bridgehead atoms. The first-order chi connectivity index (χ1) is 13.5. The van der Waals surface area contributed by atoms with Crippen LogP contribution < -0.4 is 15.0 Å². The summed E-state index contributed by atoms with van der Waals surface area (Å²) in [5.41, 5.74) is -0.993. The van der Waals surface area contributed by atoms with E-state index in [1.165, 1.54) is 0 Å². The molecule has 2 aliphatic heterocycles. The Balaban J connectivity index is 1.48. The quantitative estimate of drug-likeness (QED) is 0.823. The monoisotopic (exact) mass is 396 g/mol. The van der Waals surface area contributed by atoms with Crippen LogP contribution in [0.4, 0.5) is 25.1 Å². The van der Waals surface area contributed by atoms with Gasteiger partial charge in [-0.2, -0.15) is 18.2 Å². The van der Waals surface area contributed by atoms with Crippen molar-refractivity contribution in [2.75, 3.05) is 36.5 Å². The van der Waals surface area contributed by atoms with Gasteiger partial charge in [0.1, 0.15) is 11.7 Å². The van der Waals surface area contributed by atoms with Crippen molar-refractivity contribution in [3.05, 3.63) is 30.2 Å². The van der Waals surface area contributed by atoms with Crippen LogP contribution in [0.15, 0.2) is 24.7 Å². The van der Waals surface area contributed by atoms with E-state index in [1.54, 1.807) is 18.5 Å². The van der Waals surface area contributed by atoms with Crippen molar-refractivity contribution in [2.45, 2.75) is 31.2 Å². The van der Waals surface area contributed by atoms with Gasteiger partial charge in [-0.15, -0.1) is 0 Å². The van der Waals surface area contributed by atoms with E-state index in [9.17, 15) is 13.2 Å². The summed E-state index contributed by atoms with van der Waals surface area (Å²) in [6.45, 7) is 1.91. The van der Waals surface area contributed by atoms with Gasteiger partial charge in [0.05, 0.1) is 13.2 Å². The van der Waals surface area contributed by atoms with Gasteiger partial charge in [-0.3, -0.25) is 0 Å². The van der Waals surface area contributed by atoms with Crippen molar-refractivity contribution in [3.63, 3.8) is 0 Å². The summed E-state index contributed by atoms with van der Waals surface area (Å²) in [4.78, 5) is 18.3. The summed E-state index contributed by atoms with van der Waals surface area (Å²) >= 11 is 0. The molecule has 4 rings (SSSR count). The highest BCUT2D eigenvalue weighted by Crippen LogP contribution is 2.36. The lowest BCUT2D eigenvalue weighted by Gasteiger charge is -2.33. The molecule has 8 nitrogen and oxygen atoms in total. The van der Waals surface area contributed by atoms with Crippen molar-refractivity contribution in [2.24, 2.45) is 0 Å². The Morgan fingerprint density at radius 3 is 2.64 bits per heavy atom. The Labute approximate surface area is 159 Å². The zero-order chi connectivity index (χ0) is 19.6. The first-order valence-electron chi connectivity index (χ1n) is 8.96. The second-order valence-electron chi connectivity index (χ2n) is 6.67. The number of alkyl halides is 3. The number of aromatic nitrogens is 4. The van der Waals surface area contributed by atoms with Crippen LogP contribution in [-0.4, -0.2) is 58.4 Å². The number of hydrogen-bond acceptors (Lipinski definition) is 8. The topological polar surface area (TPSA) is 85.3 Å². The molecule has 0 radical (unpaired) electrons. The molecule has 11 heteroatoms. The first kappa shape index (κ1) is 18.7. The number of nitrogens with one attached hydrogen (secondary N) is 1. The Morgan fingerprint density at radius 2 is 1.96 bits per heavy atom. The molecule has 0 spiro atoms. The Morgan fingerprint density at radius 1 is 1.18 bits per heavy atom. The second kappa shape index (κ2) is 7.74. The van der Waals surface area contributed by atoms with Gasteiger partial charge in [-0.1, -0.05) is 0 Å². The average molecular weight is 396 g/mol. The molecule has 0 saturated carbocycles. The van der Waals surface area contributed by atoms with Crippen LogP contribution in [0.5, 0.6) is 5.88 Å². The molecule has 0 unspecified atom stereocenters. The van der Waals surface area contributed by atoms with Crippen LogP contribution in [0.1, 0.15) is 18.4 Å². The number of hydrogen-bond donors (Lipinski definition) is 1. The molecule has 150 valence electrons. The summed E-state index contributed by atoms with van der Waals surface area (Å²) in [5, 5.41) is 3.11. The summed E-state index contributed by atoms with van der Waals surface area (Å²) < 4.78 is 50.0. The molecule has 2 aliphatic rings. The standard InChI is InChI=1S/C17H19F3N6O2/c18-17(19,20)13-7-23-15(25-14(13)28-12-9-27-10-12)24-11-3-1-6-26(8-11)16-21-4-2-5-22-16/h2,4-5,7,11-12H,1,3,6,8-10H2,(H,23,24,25)/t11-/m1/s1. The van der Waals surface area contributed by atoms with E-state index >= 15 is 0 Å². The molecular formula is C17H19F3N6O2. The maximum atomic E-state index is 13.2. The largest absolute Gasteiger partial charge is 0.469 e. The maximum absolute atomic E-state index is 13.2. The summed E-state index contributed by atoms with van der Waals surface area (Å²) in [6, 6.07) is 1.70. The summed E-state index contributed by atoms with van der Waals surface area (Å²) in [5.74, 6) is 0.248. The van der Waals surface area contributed by atoms with Crippen molar-refractivity contribution < 1.29 is 22.6 Å². The molecule has 4 heterocycles. The van der Waals surface area contributed by atoms with E-state index < -0.39 is 23.7 Å². The van der Waals surface area contributed by atoms with Gasteiger partial charge in [0.2, 0.25) is 17.8 Å². The van der Waals surface area contributed by atoms with Gasteiger partial charge < -0.3 is 19.7 Å². The number of piperidine rings is 1. The molecule has 0 aliphatic carbocycles. The van der Waals surface area contributed by atoms with E-state index in [2.05, 4.69) is 25.3 Å². The molecule has 0 aromatic carbocycles. The molecule has 1 atom stereocenters. The SMILES string of the molecule is FC(F)(F)c1cnc(N[C@@H]2CCCN(c3ncccn3)C2)nc1OC1COC1. The third-order valence-corrected chi connectivity index (χ3v) is 4.53. The van der Waals surface area contributed by atoms with Crippen LogP contribution in [0.3, 0.4) is 0 Å². The summed E-state index contributed by atoms with van der Waals surface area (Å²) in [7, 11) is 0. The third-order valence-electron chi connectivity index (χ3n) is 4.53. The van der Waals surface area contributed by atoms with E-state index in [4.69, 9.17) is 9.47 Å². The van der Waals surface area contributed by atoms with Crippen LogP contribution in [0, 0.1) is 0 Å². The number of rotatable bonds is 5. The summed E-state index contributed by atoms with van der Waals surface area (Å²) in [6.07, 6.45) is 0.803. The number of halogens is 3. The predicted molar refractivity (Wildman–Crippen MR) is 93.2 cm³/mol. The molecule has 28 heavy (non-hydrogen) atoms. The average Bonchev–Trinajstić information content (AvgIpc) is 2.65. The highest BCUT2D eigenvalue weighted by Gasteiger charge is 2.38. The Hall–Kier alpha value is -2.69. The molecular weight excluding hydrogens is 377 g/mol. The molecule has 0 amide bonds. The molecule has 2 saturated heterocycles. The smallest absolute Gasteiger partial charge is 0.423 e. The lowest BCUT2D eigenvalue weighted by molar-refractivity contribution is -0.142. The maximum Gasteiger partial charge on any atom is 0.423 e. The fourth-order valence-electron chi connectivity index (χ4n) is 3.07. The van der Waals surface area contributed by atoms with E-state index in [0.717, 1.165) is 25.6 Å². The highest BCUT2D eigenvalue weighted by atomic mass is 19.4. The normalized spacial score (nSPS) is 20.5. The minimum Gasteiger partial charge on any atom is -0.469 e. The molecule has 2 aromatic heterocycles. The lowest BCUT2D eigenvalue weighted by Crippen LogP contribution is -2.43. The minimum atomic E-state index is -4.59. The lowest BCUT2D eigenvalue weighted by atomic mass is 10.1.